The second-order valence-electron chi connectivity index (χ2n) is 5.47. The quantitative estimate of drug-likeness (QED) is 0.798. The van der Waals surface area contributed by atoms with Crippen LogP contribution in [0.25, 0.3) is 5.65 Å². The van der Waals surface area contributed by atoms with Crippen LogP contribution in [-0.4, -0.2) is 17.8 Å². The molecule has 2 rings (SSSR count). The third-order valence-corrected chi connectivity index (χ3v) is 3.81. The summed E-state index contributed by atoms with van der Waals surface area (Å²) in [5, 5.41) is 0.0784. The second-order valence-corrected chi connectivity index (χ2v) is 7.95. The summed E-state index contributed by atoms with van der Waals surface area (Å²) in [5.41, 5.74) is 1.05. The highest BCUT2D eigenvalue weighted by molar-refractivity contribution is 8.13. The van der Waals surface area contributed by atoms with E-state index in [9.17, 15) is 8.42 Å². The van der Waals surface area contributed by atoms with Crippen LogP contribution in [0.3, 0.4) is 0 Å². The highest BCUT2D eigenvalue weighted by atomic mass is 35.7. The van der Waals surface area contributed by atoms with E-state index in [0.29, 0.717) is 17.8 Å². The number of pyridine rings is 1. The molecule has 0 atom stereocenters. The maximum Gasteiger partial charge on any atom is 0.279 e. The van der Waals surface area contributed by atoms with Gasteiger partial charge in [0.2, 0.25) is 0 Å². The zero-order chi connectivity index (χ0) is 13.6. The minimum Gasteiger partial charge on any atom is -0.289 e. The van der Waals surface area contributed by atoms with Gasteiger partial charge < -0.3 is 0 Å². The van der Waals surface area contributed by atoms with Crippen LogP contribution in [0.4, 0.5) is 0 Å². The summed E-state index contributed by atoms with van der Waals surface area (Å²) in [5.74, 6) is 0. The first-order chi connectivity index (χ1) is 8.18. The third-order valence-electron chi connectivity index (χ3n) is 2.48. The molecule has 0 radical (unpaired) electrons. The predicted molar refractivity (Wildman–Crippen MR) is 71.4 cm³/mol. The van der Waals surface area contributed by atoms with Crippen LogP contribution < -0.4 is 0 Å². The smallest absolute Gasteiger partial charge is 0.279 e. The summed E-state index contributed by atoms with van der Waals surface area (Å²) in [6.45, 7) is 6.09. The molecular weight excluding hydrogens is 272 g/mol. The van der Waals surface area contributed by atoms with Gasteiger partial charge in [-0.15, -0.1) is 0 Å². The average Bonchev–Trinajstić information content (AvgIpc) is 2.50. The first-order valence-electron chi connectivity index (χ1n) is 5.59. The lowest BCUT2D eigenvalue weighted by molar-refractivity contribution is 0.403. The van der Waals surface area contributed by atoms with Crippen molar-refractivity contribution in [2.24, 2.45) is 5.41 Å². The minimum atomic E-state index is -3.82. The van der Waals surface area contributed by atoms with Gasteiger partial charge in [-0.3, -0.25) is 4.40 Å². The lowest BCUT2D eigenvalue weighted by Gasteiger charge is -2.16. The molecule has 2 aromatic rings. The van der Waals surface area contributed by atoms with Crippen molar-refractivity contribution in [3.05, 3.63) is 30.1 Å². The standard InChI is InChI=1S/C12H15ClN2O2S/c1-12(2,3)8-9-11(18(13,16)17)15-7-5-4-6-10(15)14-9/h4-7H,8H2,1-3H3. The molecule has 6 heteroatoms. The van der Waals surface area contributed by atoms with Gasteiger partial charge in [-0.1, -0.05) is 26.8 Å². The molecule has 18 heavy (non-hydrogen) atoms. The van der Waals surface area contributed by atoms with Crippen molar-refractivity contribution >= 4 is 25.4 Å². The molecule has 0 amide bonds. The Bertz CT molecular complexity index is 684. The number of rotatable bonds is 2. The van der Waals surface area contributed by atoms with Crippen LogP contribution in [0.2, 0.25) is 0 Å². The Morgan fingerprint density at radius 1 is 1.33 bits per heavy atom. The Balaban J connectivity index is 2.73. The maximum atomic E-state index is 11.7. The van der Waals surface area contributed by atoms with E-state index >= 15 is 0 Å². The fraction of sp³-hybridized carbons (Fsp3) is 0.417. The first-order valence-corrected chi connectivity index (χ1v) is 7.90. The zero-order valence-corrected chi connectivity index (χ0v) is 12.1. The number of nitrogens with zero attached hydrogens (tertiary/aromatic N) is 2. The Morgan fingerprint density at radius 2 is 2.00 bits per heavy atom. The van der Waals surface area contributed by atoms with Crippen LogP contribution in [0, 0.1) is 5.41 Å². The second kappa shape index (κ2) is 4.24. The summed E-state index contributed by atoms with van der Waals surface area (Å²) in [4.78, 5) is 4.36. The largest absolute Gasteiger partial charge is 0.289 e. The summed E-state index contributed by atoms with van der Waals surface area (Å²) < 4.78 is 25.0. The van der Waals surface area contributed by atoms with Gasteiger partial charge >= 0.3 is 0 Å². The molecule has 0 fully saturated rings. The molecule has 0 aliphatic rings. The molecule has 0 N–H and O–H groups in total. The van der Waals surface area contributed by atoms with Crippen molar-refractivity contribution in [3.8, 4) is 0 Å². The summed E-state index contributed by atoms with van der Waals surface area (Å²) in [6, 6.07) is 5.33. The number of fused-ring (bicyclic) bond motifs is 1. The predicted octanol–water partition coefficient (Wildman–Crippen LogP) is 2.85. The monoisotopic (exact) mass is 286 g/mol. The van der Waals surface area contributed by atoms with Gasteiger partial charge in [0.05, 0.1) is 5.69 Å². The van der Waals surface area contributed by atoms with Crippen LogP contribution in [0.5, 0.6) is 0 Å². The van der Waals surface area contributed by atoms with E-state index in [1.54, 1.807) is 18.3 Å². The van der Waals surface area contributed by atoms with Crippen molar-refractivity contribution in [2.45, 2.75) is 32.2 Å². The van der Waals surface area contributed by atoms with E-state index in [2.05, 4.69) is 4.98 Å². The van der Waals surface area contributed by atoms with Crippen molar-refractivity contribution in [1.29, 1.82) is 0 Å². The lowest BCUT2D eigenvalue weighted by Crippen LogP contribution is -2.12. The van der Waals surface area contributed by atoms with Gasteiger partial charge in [0.15, 0.2) is 5.03 Å². The Kier molecular flexibility index (Phi) is 3.15. The van der Waals surface area contributed by atoms with Crippen LogP contribution in [0.15, 0.2) is 29.4 Å². The fourth-order valence-corrected chi connectivity index (χ4v) is 3.18. The van der Waals surface area contributed by atoms with E-state index in [0.717, 1.165) is 0 Å². The SMILES string of the molecule is CC(C)(C)Cc1nc2ccccn2c1S(=O)(=O)Cl. The van der Waals surface area contributed by atoms with E-state index in [1.165, 1.54) is 4.40 Å². The number of hydrogen-bond acceptors (Lipinski definition) is 3. The Hall–Kier alpha value is -1.07. The maximum absolute atomic E-state index is 11.7. The van der Waals surface area contributed by atoms with E-state index in [-0.39, 0.29) is 10.4 Å². The van der Waals surface area contributed by atoms with Gasteiger partial charge in [0.1, 0.15) is 5.65 Å². The Labute approximate surface area is 111 Å². The summed E-state index contributed by atoms with van der Waals surface area (Å²) >= 11 is 0. The van der Waals surface area contributed by atoms with Gasteiger partial charge in [-0.25, -0.2) is 13.4 Å². The number of imidazole rings is 1. The molecule has 98 valence electrons. The average molecular weight is 287 g/mol. The molecule has 0 unspecified atom stereocenters. The molecule has 0 aliphatic heterocycles. The van der Waals surface area contributed by atoms with Gasteiger partial charge in [0, 0.05) is 16.9 Å². The molecule has 0 aliphatic carbocycles. The molecule has 2 heterocycles. The van der Waals surface area contributed by atoms with Gasteiger partial charge in [-0.05, 0) is 24.0 Å². The summed E-state index contributed by atoms with van der Waals surface area (Å²) in [6.07, 6.45) is 2.21. The Morgan fingerprint density at radius 3 is 2.56 bits per heavy atom. The molecule has 0 spiro atoms. The highest BCUT2D eigenvalue weighted by Crippen LogP contribution is 2.28. The van der Waals surface area contributed by atoms with Crippen molar-refractivity contribution < 1.29 is 8.42 Å². The minimum absolute atomic E-state index is 0.0612. The lowest BCUT2D eigenvalue weighted by atomic mass is 9.91. The normalized spacial score (nSPS) is 13.1. The number of hydrogen-bond donors (Lipinski definition) is 0. The molecule has 0 saturated heterocycles. The van der Waals surface area contributed by atoms with Crippen molar-refractivity contribution in [1.82, 2.24) is 9.38 Å². The van der Waals surface area contributed by atoms with Crippen LogP contribution in [-0.2, 0) is 15.5 Å². The van der Waals surface area contributed by atoms with E-state index in [1.807, 2.05) is 26.8 Å². The first kappa shape index (κ1) is 13.4. The highest BCUT2D eigenvalue weighted by Gasteiger charge is 2.26. The molecule has 0 saturated carbocycles. The van der Waals surface area contributed by atoms with Crippen molar-refractivity contribution in [3.63, 3.8) is 0 Å². The number of halogens is 1. The number of aromatic nitrogens is 2. The zero-order valence-electron chi connectivity index (χ0n) is 10.5. The molecule has 2 aromatic heterocycles. The van der Waals surface area contributed by atoms with E-state index < -0.39 is 9.05 Å². The van der Waals surface area contributed by atoms with Gasteiger partial charge in [0.25, 0.3) is 9.05 Å². The molecular formula is C12H15ClN2O2S. The van der Waals surface area contributed by atoms with Crippen molar-refractivity contribution in [2.75, 3.05) is 0 Å². The third kappa shape index (κ3) is 2.67. The van der Waals surface area contributed by atoms with E-state index in [4.69, 9.17) is 10.7 Å². The summed E-state index contributed by atoms with van der Waals surface area (Å²) in [7, 11) is 1.71. The molecule has 0 aromatic carbocycles. The fourth-order valence-electron chi connectivity index (χ4n) is 1.90. The van der Waals surface area contributed by atoms with Crippen LogP contribution in [0.1, 0.15) is 26.5 Å². The van der Waals surface area contributed by atoms with Gasteiger partial charge in [-0.2, -0.15) is 0 Å². The van der Waals surface area contributed by atoms with Crippen LogP contribution >= 0.6 is 10.7 Å². The topological polar surface area (TPSA) is 51.4 Å². The molecule has 0 bridgehead atoms. The molecule has 4 nitrogen and oxygen atoms in total.